The average Bonchev–Trinajstić information content (AvgIpc) is 3.27. The minimum atomic E-state index is -0.261. The molecule has 0 aromatic carbocycles. The molecule has 130 valence electrons. The van der Waals surface area contributed by atoms with E-state index in [0.29, 0.717) is 30.3 Å². The fourth-order valence-corrected chi connectivity index (χ4v) is 5.36. The predicted octanol–water partition coefficient (Wildman–Crippen LogP) is 3.84. The number of allylic oxidation sites excluding steroid dienone is 1. The van der Waals surface area contributed by atoms with Crippen LogP contribution >= 0.6 is 0 Å². The van der Waals surface area contributed by atoms with E-state index in [-0.39, 0.29) is 23.2 Å². The van der Waals surface area contributed by atoms with Gasteiger partial charge in [-0.25, -0.2) is 4.79 Å². The normalized spacial score (nSPS) is 31.9. The van der Waals surface area contributed by atoms with E-state index < -0.39 is 0 Å². The summed E-state index contributed by atoms with van der Waals surface area (Å²) >= 11 is 0. The van der Waals surface area contributed by atoms with Gasteiger partial charge in [-0.05, 0) is 57.3 Å². The number of aliphatic imine (C=N–C) groups is 1. The van der Waals surface area contributed by atoms with Crippen LogP contribution in [0.25, 0.3) is 0 Å². The zero-order valence-electron chi connectivity index (χ0n) is 14.8. The Morgan fingerprint density at radius 2 is 1.96 bits per heavy atom. The number of ketones is 1. The maximum atomic E-state index is 13.1. The standard InChI is InChI=1S/C20H27NO3/c1-3-24-19(23)16-12(2)21-14-10-20(8-4-5-9-20)11-15(22)18(14)17(16)13-6-7-13/h13,17-18H,3-11H2,1-2H3. The van der Waals surface area contributed by atoms with Gasteiger partial charge in [0.1, 0.15) is 5.78 Å². The summed E-state index contributed by atoms with van der Waals surface area (Å²) in [5, 5.41) is 0. The molecular weight excluding hydrogens is 302 g/mol. The van der Waals surface area contributed by atoms with Gasteiger partial charge in [0.2, 0.25) is 0 Å². The second kappa shape index (κ2) is 5.82. The molecule has 4 rings (SSSR count). The van der Waals surface area contributed by atoms with Gasteiger partial charge in [0.25, 0.3) is 0 Å². The number of Topliss-reactive ketones (excluding diaryl/α,β-unsaturated/α-hetero) is 1. The number of ether oxygens (including phenoxy) is 1. The number of carbonyl (C=O) groups is 2. The molecule has 2 unspecified atom stereocenters. The molecule has 1 heterocycles. The molecule has 4 heteroatoms. The molecule has 24 heavy (non-hydrogen) atoms. The SMILES string of the molecule is CCOC(=O)C1=C(C)N=C2CC3(CCCC3)CC(=O)C2C1C1CC1. The molecule has 4 nitrogen and oxygen atoms in total. The van der Waals surface area contributed by atoms with Crippen molar-refractivity contribution in [1.82, 2.24) is 0 Å². The molecule has 3 aliphatic carbocycles. The summed E-state index contributed by atoms with van der Waals surface area (Å²) in [5.41, 5.74) is 2.71. The Morgan fingerprint density at radius 1 is 1.25 bits per heavy atom. The first kappa shape index (κ1) is 16.0. The van der Waals surface area contributed by atoms with E-state index in [1.54, 1.807) is 0 Å². The lowest BCUT2D eigenvalue weighted by atomic mass is 9.62. The highest BCUT2D eigenvalue weighted by Crippen LogP contribution is 2.55. The molecule has 2 atom stereocenters. The summed E-state index contributed by atoms with van der Waals surface area (Å²) in [6.45, 7) is 4.11. The Hall–Kier alpha value is -1.45. The van der Waals surface area contributed by atoms with Gasteiger partial charge in [0, 0.05) is 23.7 Å². The van der Waals surface area contributed by atoms with Crippen LogP contribution in [-0.4, -0.2) is 24.1 Å². The monoisotopic (exact) mass is 329 g/mol. The molecule has 0 amide bonds. The second-order valence-electron chi connectivity index (χ2n) is 8.19. The number of carbonyl (C=O) groups excluding carboxylic acids is 2. The van der Waals surface area contributed by atoms with Crippen LogP contribution in [0.15, 0.2) is 16.3 Å². The zero-order chi connectivity index (χ0) is 16.9. The molecule has 0 radical (unpaired) electrons. The summed E-state index contributed by atoms with van der Waals surface area (Å²) < 4.78 is 5.29. The number of hydrogen-bond acceptors (Lipinski definition) is 4. The van der Waals surface area contributed by atoms with Crippen LogP contribution in [0.3, 0.4) is 0 Å². The quantitative estimate of drug-likeness (QED) is 0.739. The van der Waals surface area contributed by atoms with Gasteiger partial charge in [0.05, 0.1) is 18.1 Å². The second-order valence-corrected chi connectivity index (χ2v) is 8.19. The van der Waals surface area contributed by atoms with E-state index in [1.807, 2.05) is 13.8 Å². The number of hydrogen-bond donors (Lipinski definition) is 0. The van der Waals surface area contributed by atoms with Gasteiger partial charge in [-0.2, -0.15) is 0 Å². The van der Waals surface area contributed by atoms with Crippen LogP contribution in [0.5, 0.6) is 0 Å². The van der Waals surface area contributed by atoms with Crippen LogP contribution < -0.4 is 0 Å². The first-order chi connectivity index (χ1) is 11.5. The molecule has 0 aromatic heterocycles. The molecule has 1 spiro atoms. The summed E-state index contributed by atoms with van der Waals surface area (Å²) in [6.07, 6.45) is 8.67. The third-order valence-corrected chi connectivity index (χ3v) is 6.49. The van der Waals surface area contributed by atoms with Gasteiger partial charge in [-0.15, -0.1) is 0 Å². The molecule has 0 N–H and O–H groups in total. The van der Waals surface area contributed by atoms with Crippen LogP contribution in [0.4, 0.5) is 0 Å². The Labute approximate surface area is 143 Å². The minimum absolute atomic E-state index is 0.0165. The maximum Gasteiger partial charge on any atom is 0.336 e. The van der Waals surface area contributed by atoms with E-state index in [4.69, 9.17) is 9.73 Å². The predicted molar refractivity (Wildman–Crippen MR) is 91.6 cm³/mol. The molecule has 3 fully saturated rings. The number of rotatable bonds is 3. The molecular formula is C20H27NO3. The first-order valence-electron chi connectivity index (χ1n) is 9.53. The first-order valence-corrected chi connectivity index (χ1v) is 9.53. The molecule has 4 aliphatic rings. The molecule has 1 aliphatic heterocycles. The molecule has 0 aromatic rings. The van der Waals surface area contributed by atoms with Gasteiger partial charge < -0.3 is 4.74 Å². The summed E-state index contributed by atoms with van der Waals surface area (Å²) in [4.78, 5) is 30.4. The Kier molecular flexibility index (Phi) is 3.89. The van der Waals surface area contributed by atoms with E-state index >= 15 is 0 Å². The lowest BCUT2D eigenvalue weighted by molar-refractivity contribution is -0.139. The van der Waals surface area contributed by atoms with Crippen molar-refractivity contribution in [2.45, 2.75) is 65.2 Å². The van der Waals surface area contributed by atoms with Crippen molar-refractivity contribution in [3.05, 3.63) is 11.3 Å². The van der Waals surface area contributed by atoms with Gasteiger partial charge in [-0.1, -0.05) is 12.8 Å². The topological polar surface area (TPSA) is 55.7 Å². The molecule has 0 bridgehead atoms. The van der Waals surface area contributed by atoms with E-state index in [1.165, 1.54) is 12.8 Å². The number of nitrogens with zero attached hydrogens (tertiary/aromatic N) is 1. The lowest BCUT2D eigenvalue weighted by Gasteiger charge is -2.42. The highest BCUT2D eigenvalue weighted by Gasteiger charge is 2.53. The average molecular weight is 329 g/mol. The van der Waals surface area contributed by atoms with Crippen molar-refractivity contribution < 1.29 is 14.3 Å². The van der Waals surface area contributed by atoms with Crippen LogP contribution in [0.1, 0.15) is 65.2 Å². The van der Waals surface area contributed by atoms with E-state index in [0.717, 1.165) is 43.5 Å². The summed E-state index contributed by atoms with van der Waals surface area (Å²) in [7, 11) is 0. The highest BCUT2D eigenvalue weighted by molar-refractivity contribution is 6.11. The fourth-order valence-electron chi connectivity index (χ4n) is 5.36. The molecule has 3 saturated carbocycles. The third kappa shape index (κ3) is 2.55. The van der Waals surface area contributed by atoms with Crippen LogP contribution in [-0.2, 0) is 14.3 Å². The summed E-state index contributed by atoms with van der Waals surface area (Å²) in [5.74, 6) is 0.378. The smallest absolute Gasteiger partial charge is 0.336 e. The number of fused-ring (bicyclic) bond motifs is 1. The number of esters is 1. The van der Waals surface area contributed by atoms with Crippen LogP contribution in [0, 0.1) is 23.2 Å². The third-order valence-electron chi connectivity index (χ3n) is 6.49. The largest absolute Gasteiger partial charge is 0.463 e. The highest BCUT2D eigenvalue weighted by atomic mass is 16.5. The van der Waals surface area contributed by atoms with E-state index in [2.05, 4.69) is 0 Å². The van der Waals surface area contributed by atoms with Crippen molar-refractivity contribution >= 4 is 17.5 Å². The lowest BCUT2D eigenvalue weighted by Crippen LogP contribution is -2.46. The molecule has 0 saturated heterocycles. The Balaban J connectivity index is 1.73. The van der Waals surface area contributed by atoms with Crippen molar-refractivity contribution in [2.24, 2.45) is 28.2 Å². The van der Waals surface area contributed by atoms with Crippen molar-refractivity contribution in [3.8, 4) is 0 Å². The van der Waals surface area contributed by atoms with Crippen molar-refractivity contribution in [2.75, 3.05) is 6.61 Å². The van der Waals surface area contributed by atoms with Crippen molar-refractivity contribution in [3.63, 3.8) is 0 Å². The van der Waals surface area contributed by atoms with Crippen molar-refractivity contribution in [1.29, 1.82) is 0 Å². The summed E-state index contributed by atoms with van der Waals surface area (Å²) in [6, 6.07) is 0. The van der Waals surface area contributed by atoms with Gasteiger partial charge in [-0.3, -0.25) is 9.79 Å². The minimum Gasteiger partial charge on any atom is -0.463 e. The van der Waals surface area contributed by atoms with E-state index in [9.17, 15) is 9.59 Å². The van der Waals surface area contributed by atoms with Gasteiger partial charge in [0.15, 0.2) is 0 Å². The Bertz CT molecular complexity index is 635. The van der Waals surface area contributed by atoms with Gasteiger partial charge >= 0.3 is 5.97 Å². The maximum absolute atomic E-state index is 13.1. The zero-order valence-corrected chi connectivity index (χ0v) is 14.8. The van der Waals surface area contributed by atoms with Crippen LogP contribution in [0.2, 0.25) is 0 Å². The fraction of sp³-hybridized carbons (Fsp3) is 0.750. The Morgan fingerprint density at radius 3 is 2.58 bits per heavy atom.